The first-order chi connectivity index (χ1) is 11.3. The molecule has 1 aromatic rings. The number of hydrogen-bond acceptors (Lipinski definition) is 1. The van der Waals surface area contributed by atoms with Gasteiger partial charge in [-0.15, -0.1) is 0 Å². The molecule has 2 nitrogen and oxygen atoms in total. The second-order valence-corrected chi connectivity index (χ2v) is 6.22. The van der Waals surface area contributed by atoms with E-state index in [1.165, 1.54) is 57.8 Å². The first-order valence-electron chi connectivity index (χ1n) is 9.34. The van der Waals surface area contributed by atoms with Crippen molar-refractivity contribution in [2.45, 2.75) is 71.1 Å². The number of hydrogen-bond donors (Lipinski definition) is 1. The number of benzene rings is 1. The van der Waals surface area contributed by atoms with Gasteiger partial charge in [0.2, 0.25) is 5.91 Å². The molecule has 0 saturated heterocycles. The molecule has 0 aliphatic rings. The maximum absolute atomic E-state index is 11.7. The molecule has 0 aliphatic heterocycles. The van der Waals surface area contributed by atoms with Crippen LogP contribution in [0.5, 0.6) is 0 Å². The van der Waals surface area contributed by atoms with Crippen LogP contribution < -0.4 is 5.32 Å². The smallest absolute Gasteiger partial charge is 0.243 e. The normalized spacial score (nSPS) is 11.0. The minimum atomic E-state index is 0.00442. The maximum atomic E-state index is 11.7. The minimum Gasteiger partial charge on any atom is -0.353 e. The Morgan fingerprint density at radius 1 is 0.870 bits per heavy atom. The van der Waals surface area contributed by atoms with Crippen molar-refractivity contribution in [1.29, 1.82) is 0 Å². The van der Waals surface area contributed by atoms with Gasteiger partial charge in [0.25, 0.3) is 0 Å². The summed E-state index contributed by atoms with van der Waals surface area (Å²) in [6.07, 6.45) is 16.7. The highest BCUT2D eigenvalue weighted by atomic mass is 16.1. The number of amides is 1. The molecule has 23 heavy (non-hydrogen) atoms. The van der Waals surface area contributed by atoms with Crippen LogP contribution in [0, 0.1) is 0 Å². The average molecular weight is 316 g/mol. The van der Waals surface area contributed by atoms with Crippen LogP contribution in [0.1, 0.15) is 76.7 Å². The topological polar surface area (TPSA) is 29.1 Å². The summed E-state index contributed by atoms with van der Waals surface area (Å²) >= 11 is 0. The quantitative estimate of drug-likeness (QED) is 0.365. The number of nitrogens with one attached hydrogen (secondary N) is 1. The molecule has 1 rings (SSSR count). The van der Waals surface area contributed by atoms with Crippen LogP contribution >= 0.6 is 0 Å². The van der Waals surface area contributed by atoms with Crippen molar-refractivity contribution in [2.24, 2.45) is 0 Å². The molecule has 0 radical (unpaired) electrons. The lowest BCUT2D eigenvalue weighted by Crippen LogP contribution is -2.21. The largest absolute Gasteiger partial charge is 0.353 e. The molecule has 0 aliphatic carbocycles. The fraction of sp³-hybridized carbons (Fsp3) is 0.571. The Balaban J connectivity index is 1.91. The third-order valence-corrected chi connectivity index (χ3v) is 4.06. The fourth-order valence-electron chi connectivity index (χ4n) is 2.62. The average Bonchev–Trinajstić information content (AvgIpc) is 2.59. The van der Waals surface area contributed by atoms with Gasteiger partial charge < -0.3 is 5.32 Å². The molecule has 1 amide bonds. The number of unbranched alkanes of at least 4 members (excludes halogenated alkanes) is 9. The predicted octanol–water partition coefficient (Wildman–Crippen LogP) is 5.74. The minimum absolute atomic E-state index is 0.00442. The maximum Gasteiger partial charge on any atom is 0.243 e. The van der Waals surface area contributed by atoms with Gasteiger partial charge in [-0.1, -0.05) is 95.0 Å². The first kappa shape index (κ1) is 19.5. The van der Waals surface area contributed by atoms with Crippen LogP contribution in [0.25, 0.3) is 6.08 Å². The van der Waals surface area contributed by atoms with E-state index in [9.17, 15) is 4.79 Å². The highest BCUT2D eigenvalue weighted by molar-refractivity contribution is 5.91. The number of carbonyl (C=O) groups excluding carboxylic acids is 1. The Labute approximate surface area is 142 Å². The van der Waals surface area contributed by atoms with Crippen molar-refractivity contribution >= 4 is 12.0 Å². The highest BCUT2D eigenvalue weighted by Crippen LogP contribution is 2.10. The molecule has 0 spiro atoms. The Morgan fingerprint density at radius 3 is 2.04 bits per heavy atom. The van der Waals surface area contributed by atoms with Crippen molar-refractivity contribution in [3.8, 4) is 0 Å². The molecule has 128 valence electrons. The lowest BCUT2D eigenvalue weighted by atomic mass is 10.1. The summed E-state index contributed by atoms with van der Waals surface area (Å²) in [4.78, 5) is 11.7. The lowest BCUT2D eigenvalue weighted by molar-refractivity contribution is -0.116. The second-order valence-electron chi connectivity index (χ2n) is 6.22. The van der Waals surface area contributed by atoms with Crippen molar-refractivity contribution < 1.29 is 4.79 Å². The van der Waals surface area contributed by atoms with Gasteiger partial charge in [0.05, 0.1) is 0 Å². The predicted molar refractivity (Wildman–Crippen MR) is 100 cm³/mol. The zero-order valence-electron chi connectivity index (χ0n) is 14.7. The summed E-state index contributed by atoms with van der Waals surface area (Å²) < 4.78 is 0. The van der Waals surface area contributed by atoms with Gasteiger partial charge in [0.15, 0.2) is 0 Å². The van der Waals surface area contributed by atoms with Crippen LogP contribution in [0.4, 0.5) is 0 Å². The molecule has 1 aromatic carbocycles. The lowest BCUT2D eigenvalue weighted by Gasteiger charge is -2.03. The summed E-state index contributed by atoms with van der Waals surface area (Å²) in [6, 6.07) is 9.91. The van der Waals surface area contributed by atoms with Crippen LogP contribution in [0.15, 0.2) is 36.4 Å². The van der Waals surface area contributed by atoms with Gasteiger partial charge >= 0.3 is 0 Å². The van der Waals surface area contributed by atoms with Gasteiger partial charge in [-0.25, -0.2) is 0 Å². The van der Waals surface area contributed by atoms with E-state index < -0.39 is 0 Å². The Kier molecular flexibility index (Phi) is 11.9. The van der Waals surface area contributed by atoms with Crippen molar-refractivity contribution in [2.75, 3.05) is 6.54 Å². The van der Waals surface area contributed by atoms with Crippen molar-refractivity contribution in [1.82, 2.24) is 5.32 Å². The van der Waals surface area contributed by atoms with E-state index in [2.05, 4.69) is 12.2 Å². The van der Waals surface area contributed by atoms with E-state index in [0.29, 0.717) is 0 Å². The van der Waals surface area contributed by atoms with E-state index in [-0.39, 0.29) is 5.91 Å². The summed E-state index contributed by atoms with van der Waals surface area (Å²) in [5, 5.41) is 2.95. The monoisotopic (exact) mass is 315 g/mol. The van der Waals surface area contributed by atoms with Gasteiger partial charge in [0, 0.05) is 12.6 Å². The molecular weight excluding hydrogens is 282 g/mol. The van der Waals surface area contributed by atoms with Crippen molar-refractivity contribution in [3.63, 3.8) is 0 Å². The van der Waals surface area contributed by atoms with E-state index in [1.807, 2.05) is 36.4 Å². The Hall–Kier alpha value is -1.57. The van der Waals surface area contributed by atoms with Gasteiger partial charge in [-0.3, -0.25) is 4.79 Å². The van der Waals surface area contributed by atoms with E-state index >= 15 is 0 Å². The third-order valence-electron chi connectivity index (χ3n) is 4.06. The molecule has 1 N–H and O–H groups in total. The van der Waals surface area contributed by atoms with Crippen LogP contribution in [0.2, 0.25) is 0 Å². The SMILES string of the molecule is CCCCCCCCCCCCNC(=O)/C=C/c1ccccc1. The Bertz CT molecular complexity index is 425. The zero-order valence-corrected chi connectivity index (χ0v) is 14.7. The molecular formula is C21H33NO. The highest BCUT2D eigenvalue weighted by Gasteiger charge is 1.96. The Morgan fingerprint density at radius 2 is 1.43 bits per heavy atom. The first-order valence-corrected chi connectivity index (χ1v) is 9.34. The zero-order chi connectivity index (χ0) is 16.6. The molecule has 0 saturated carbocycles. The molecule has 0 fully saturated rings. The van der Waals surface area contributed by atoms with Crippen LogP contribution in [0.3, 0.4) is 0 Å². The molecule has 0 heterocycles. The third kappa shape index (κ3) is 11.6. The van der Waals surface area contributed by atoms with Gasteiger partial charge in [-0.2, -0.15) is 0 Å². The fourth-order valence-corrected chi connectivity index (χ4v) is 2.62. The van der Waals surface area contributed by atoms with Crippen molar-refractivity contribution in [3.05, 3.63) is 42.0 Å². The summed E-state index contributed by atoms with van der Waals surface area (Å²) in [6.45, 7) is 3.05. The molecule has 0 aromatic heterocycles. The summed E-state index contributed by atoms with van der Waals surface area (Å²) in [5.74, 6) is 0.00442. The summed E-state index contributed by atoms with van der Waals surface area (Å²) in [7, 11) is 0. The molecule has 0 atom stereocenters. The second kappa shape index (κ2) is 14.0. The van der Waals surface area contributed by atoms with Gasteiger partial charge in [-0.05, 0) is 18.1 Å². The number of carbonyl (C=O) groups is 1. The van der Waals surface area contributed by atoms with Gasteiger partial charge in [0.1, 0.15) is 0 Å². The van der Waals surface area contributed by atoms with Crippen LogP contribution in [-0.4, -0.2) is 12.5 Å². The van der Waals surface area contributed by atoms with E-state index in [1.54, 1.807) is 6.08 Å². The molecule has 0 unspecified atom stereocenters. The van der Waals surface area contributed by atoms with E-state index in [4.69, 9.17) is 0 Å². The van der Waals surface area contributed by atoms with E-state index in [0.717, 1.165) is 18.5 Å². The van der Waals surface area contributed by atoms with Crippen LogP contribution in [-0.2, 0) is 4.79 Å². The summed E-state index contributed by atoms with van der Waals surface area (Å²) in [5.41, 5.74) is 1.06. The molecule has 0 bridgehead atoms. The number of rotatable bonds is 13. The molecule has 2 heteroatoms. The standard InChI is InChI=1S/C21H33NO/c1-2-3-4-5-6-7-8-9-10-14-19-22-21(23)18-17-20-15-12-11-13-16-20/h11-13,15-18H,2-10,14,19H2,1H3,(H,22,23)/b18-17+.